The number of ether oxygens (including phenoxy) is 2. The molecule has 154 valence electrons. The minimum atomic E-state index is -1.73. The fourth-order valence-corrected chi connectivity index (χ4v) is 3.59. The van der Waals surface area contributed by atoms with Crippen molar-refractivity contribution in [3.8, 4) is 0 Å². The molecule has 0 saturated carbocycles. The van der Waals surface area contributed by atoms with E-state index in [0.717, 1.165) is 0 Å². The van der Waals surface area contributed by atoms with Crippen molar-refractivity contribution < 1.29 is 24.5 Å². The molecule has 1 saturated heterocycles. The number of aromatic nitrogens is 4. The van der Waals surface area contributed by atoms with Crippen molar-refractivity contribution >= 4 is 33.3 Å². The highest BCUT2D eigenvalue weighted by atomic mass is 16.6. The first-order chi connectivity index (χ1) is 13.7. The standard InChI is InChI=1S/C18H21N5O6/c1-3-13(24)28-7-12-15(25)18(2,27)17(29-12)23-6-9-10(19)4-8-14(9)11(22-23)5-20-21-16(8)26/h4-6,12,15,17,25,27H,3,7,19H2,1-2H3,(H,21,26). The maximum Gasteiger partial charge on any atom is 0.305 e. The minimum absolute atomic E-state index is 0.184. The Morgan fingerprint density at radius 1 is 1.48 bits per heavy atom. The fraction of sp³-hybridized carbons (Fsp3) is 0.444. The predicted molar refractivity (Wildman–Crippen MR) is 102 cm³/mol. The number of esters is 1. The predicted octanol–water partition coefficient (Wildman–Crippen LogP) is -0.183. The van der Waals surface area contributed by atoms with E-state index < -0.39 is 35.6 Å². The van der Waals surface area contributed by atoms with Crippen LogP contribution in [-0.4, -0.2) is 60.6 Å². The molecular formula is C18H21N5O6. The van der Waals surface area contributed by atoms with Gasteiger partial charge in [-0.05, 0) is 13.0 Å². The number of aliphatic hydroxyl groups excluding tert-OH is 1. The zero-order valence-corrected chi connectivity index (χ0v) is 15.8. The zero-order valence-electron chi connectivity index (χ0n) is 15.8. The number of nitrogens with zero attached hydrogens (tertiary/aromatic N) is 3. The largest absolute Gasteiger partial charge is 0.463 e. The Bertz CT molecular complexity index is 1150. The third-order valence-electron chi connectivity index (χ3n) is 5.18. The average Bonchev–Trinajstić information content (AvgIpc) is 3.07. The topological polar surface area (TPSA) is 166 Å². The molecule has 0 amide bonds. The van der Waals surface area contributed by atoms with Crippen LogP contribution in [0.4, 0.5) is 5.69 Å². The van der Waals surface area contributed by atoms with Crippen LogP contribution in [0.5, 0.6) is 0 Å². The van der Waals surface area contributed by atoms with E-state index in [-0.39, 0.29) is 13.0 Å². The zero-order chi connectivity index (χ0) is 20.9. The van der Waals surface area contributed by atoms with Gasteiger partial charge in [-0.3, -0.25) is 9.59 Å². The molecule has 1 aromatic carbocycles. The van der Waals surface area contributed by atoms with Crippen LogP contribution in [0.3, 0.4) is 0 Å². The van der Waals surface area contributed by atoms with Crippen LogP contribution >= 0.6 is 0 Å². The lowest BCUT2D eigenvalue weighted by atomic mass is 9.97. The average molecular weight is 403 g/mol. The number of anilines is 1. The summed E-state index contributed by atoms with van der Waals surface area (Å²) in [5.74, 6) is -0.442. The molecule has 1 aliphatic heterocycles. The van der Waals surface area contributed by atoms with E-state index in [1.165, 1.54) is 30.1 Å². The van der Waals surface area contributed by atoms with Crippen molar-refractivity contribution in [2.45, 2.75) is 44.3 Å². The number of H-pyrrole nitrogens is 1. The van der Waals surface area contributed by atoms with Gasteiger partial charge in [0.05, 0.1) is 11.6 Å². The first kappa shape index (κ1) is 19.3. The van der Waals surface area contributed by atoms with Crippen molar-refractivity contribution in [2.75, 3.05) is 12.3 Å². The van der Waals surface area contributed by atoms with E-state index in [2.05, 4.69) is 15.3 Å². The van der Waals surface area contributed by atoms with Gasteiger partial charge in [-0.2, -0.15) is 10.2 Å². The third kappa shape index (κ3) is 3.03. The molecule has 11 nitrogen and oxygen atoms in total. The lowest BCUT2D eigenvalue weighted by Gasteiger charge is -2.27. The molecule has 29 heavy (non-hydrogen) atoms. The normalized spacial score (nSPS) is 27.0. The van der Waals surface area contributed by atoms with Gasteiger partial charge in [-0.25, -0.2) is 9.78 Å². The second-order valence-electron chi connectivity index (χ2n) is 7.23. The monoisotopic (exact) mass is 403 g/mol. The van der Waals surface area contributed by atoms with E-state index in [1.54, 1.807) is 6.92 Å². The Labute approximate surface area is 164 Å². The second kappa shape index (κ2) is 6.79. The molecule has 0 aliphatic carbocycles. The highest BCUT2D eigenvalue weighted by Crippen LogP contribution is 2.39. The lowest BCUT2D eigenvalue weighted by molar-refractivity contribution is -0.150. The molecule has 2 aromatic heterocycles. The van der Waals surface area contributed by atoms with Crippen molar-refractivity contribution in [2.24, 2.45) is 0 Å². The van der Waals surface area contributed by atoms with E-state index in [1.807, 2.05) is 0 Å². The number of rotatable bonds is 4. The van der Waals surface area contributed by atoms with Crippen molar-refractivity contribution in [3.05, 3.63) is 28.8 Å². The van der Waals surface area contributed by atoms with Gasteiger partial charge >= 0.3 is 5.97 Å². The summed E-state index contributed by atoms with van der Waals surface area (Å²) >= 11 is 0. The number of carbonyl (C=O) groups is 1. The summed E-state index contributed by atoms with van der Waals surface area (Å²) < 4.78 is 12.2. The molecule has 1 aliphatic rings. The summed E-state index contributed by atoms with van der Waals surface area (Å²) in [6, 6.07) is 1.53. The Morgan fingerprint density at radius 3 is 2.97 bits per heavy atom. The van der Waals surface area contributed by atoms with Gasteiger partial charge in [0.25, 0.3) is 5.56 Å². The van der Waals surface area contributed by atoms with Gasteiger partial charge in [0, 0.05) is 29.1 Å². The van der Waals surface area contributed by atoms with Gasteiger partial charge in [-0.15, -0.1) is 0 Å². The molecule has 5 N–H and O–H groups in total. The van der Waals surface area contributed by atoms with E-state index in [0.29, 0.717) is 27.4 Å². The maximum atomic E-state index is 12.1. The van der Waals surface area contributed by atoms with Crippen LogP contribution in [0.1, 0.15) is 26.5 Å². The van der Waals surface area contributed by atoms with Gasteiger partial charge in [-0.1, -0.05) is 6.92 Å². The van der Waals surface area contributed by atoms with Crippen molar-refractivity contribution in [1.82, 2.24) is 20.0 Å². The fourth-order valence-electron chi connectivity index (χ4n) is 3.59. The Kier molecular flexibility index (Phi) is 4.52. The van der Waals surface area contributed by atoms with E-state index in [9.17, 15) is 19.8 Å². The SMILES string of the molecule is CCC(=O)OCC1OC(n2cc3c(N)cc4c(=O)[nH]ncc(n2)c34)C(C)(O)C1O. The summed E-state index contributed by atoms with van der Waals surface area (Å²) in [5, 5.41) is 33.4. The van der Waals surface area contributed by atoms with Crippen LogP contribution in [0.25, 0.3) is 21.7 Å². The van der Waals surface area contributed by atoms with Crippen LogP contribution < -0.4 is 11.3 Å². The second-order valence-corrected chi connectivity index (χ2v) is 7.23. The maximum absolute atomic E-state index is 12.1. The number of nitrogen functional groups attached to an aromatic ring is 1. The highest BCUT2D eigenvalue weighted by Gasteiger charge is 2.53. The van der Waals surface area contributed by atoms with Gasteiger partial charge in [0.1, 0.15) is 29.9 Å². The molecule has 0 spiro atoms. The Balaban J connectivity index is 1.78. The molecule has 11 heteroatoms. The number of carbonyl (C=O) groups excluding carboxylic acids is 1. The molecular weight excluding hydrogens is 382 g/mol. The molecule has 4 rings (SSSR count). The number of hydrogen-bond donors (Lipinski definition) is 4. The Hall–Kier alpha value is -3.02. The van der Waals surface area contributed by atoms with Crippen LogP contribution in [0.2, 0.25) is 0 Å². The summed E-state index contributed by atoms with van der Waals surface area (Å²) in [6.45, 7) is 2.84. The van der Waals surface area contributed by atoms with Crippen LogP contribution in [0.15, 0.2) is 23.3 Å². The number of hydrogen-bond acceptors (Lipinski definition) is 9. The number of nitrogens with two attached hydrogens (primary N) is 1. The van der Waals surface area contributed by atoms with E-state index >= 15 is 0 Å². The molecule has 3 aromatic rings. The summed E-state index contributed by atoms with van der Waals surface area (Å²) in [6.07, 6.45) is -0.278. The van der Waals surface area contributed by atoms with Gasteiger partial charge < -0.3 is 25.4 Å². The summed E-state index contributed by atoms with van der Waals surface area (Å²) in [5.41, 5.74) is 4.63. The number of aromatic amines is 1. The third-order valence-corrected chi connectivity index (χ3v) is 5.18. The smallest absolute Gasteiger partial charge is 0.305 e. The molecule has 4 unspecified atom stereocenters. The van der Waals surface area contributed by atoms with Crippen LogP contribution in [0, 0.1) is 0 Å². The number of nitrogens with one attached hydrogen (secondary N) is 1. The molecule has 4 atom stereocenters. The number of aliphatic hydroxyl groups is 2. The molecule has 0 radical (unpaired) electrons. The highest BCUT2D eigenvalue weighted by molar-refractivity contribution is 6.14. The minimum Gasteiger partial charge on any atom is -0.463 e. The Morgan fingerprint density at radius 2 is 2.24 bits per heavy atom. The lowest BCUT2D eigenvalue weighted by Crippen LogP contribution is -2.44. The summed E-state index contributed by atoms with van der Waals surface area (Å²) in [7, 11) is 0. The van der Waals surface area contributed by atoms with Gasteiger partial charge in [0.2, 0.25) is 0 Å². The van der Waals surface area contributed by atoms with E-state index in [4.69, 9.17) is 15.2 Å². The summed E-state index contributed by atoms with van der Waals surface area (Å²) in [4.78, 5) is 23.6. The van der Waals surface area contributed by atoms with Crippen molar-refractivity contribution in [1.29, 1.82) is 0 Å². The molecule has 0 bridgehead atoms. The van der Waals surface area contributed by atoms with Crippen LogP contribution in [-0.2, 0) is 14.3 Å². The first-order valence-electron chi connectivity index (χ1n) is 9.10. The molecule has 3 heterocycles. The first-order valence-corrected chi connectivity index (χ1v) is 9.10. The molecule has 1 fully saturated rings. The quantitative estimate of drug-likeness (QED) is 0.432. The van der Waals surface area contributed by atoms with Gasteiger partial charge in [0.15, 0.2) is 6.23 Å². The van der Waals surface area contributed by atoms with Crippen molar-refractivity contribution in [3.63, 3.8) is 0 Å².